The van der Waals surface area contributed by atoms with E-state index in [1.807, 2.05) is 0 Å². The number of carbonyl (C=O) groups is 1. The maximum atomic E-state index is 11.8. The molecule has 0 amide bonds. The van der Waals surface area contributed by atoms with Crippen molar-refractivity contribution in [3.05, 3.63) is 0 Å². The first kappa shape index (κ1) is 29.6. The monoisotopic (exact) mass is 479 g/mol. The minimum absolute atomic E-state index is 0.0647. The van der Waals surface area contributed by atoms with Crippen molar-refractivity contribution in [2.75, 3.05) is 39.5 Å². The summed E-state index contributed by atoms with van der Waals surface area (Å²) in [7, 11) is 0. The van der Waals surface area contributed by atoms with Crippen LogP contribution in [0.1, 0.15) is 112 Å². The minimum atomic E-state index is -0.0647. The number of rotatable bonds is 22. The van der Waals surface area contributed by atoms with Gasteiger partial charge in [-0.1, -0.05) is 73.1 Å². The average molecular weight is 480 g/mol. The molecule has 4 nitrogen and oxygen atoms in total. The number of hydrogen-bond acceptors (Lipinski definition) is 4. The van der Waals surface area contributed by atoms with Gasteiger partial charge in [0.15, 0.2) is 0 Å². The van der Waals surface area contributed by atoms with Crippen LogP contribution < -0.4 is 0 Å². The van der Waals surface area contributed by atoms with Gasteiger partial charge in [0, 0.05) is 13.0 Å². The Balaban J connectivity index is 1.33. The van der Waals surface area contributed by atoms with Gasteiger partial charge in [-0.2, -0.15) is 0 Å². The summed E-state index contributed by atoms with van der Waals surface area (Å²) in [4.78, 5) is 14.2. The van der Waals surface area contributed by atoms with Crippen molar-refractivity contribution in [2.45, 2.75) is 112 Å². The molecule has 2 aliphatic carbocycles. The highest BCUT2D eigenvalue weighted by Gasteiger charge is 2.45. The number of likely N-dealkylation sites (N-methyl/N-ethyl adjacent to an activating group) is 1. The lowest BCUT2D eigenvalue weighted by Gasteiger charge is -2.18. The van der Waals surface area contributed by atoms with E-state index in [-0.39, 0.29) is 5.97 Å². The van der Waals surface area contributed by atoms with Gasteiger partial charge in [0.2, 0.25) is 0 Å². The van der Waals surface area contributed by atoms with Crippen LogP contribution >= 0.6 is 0 Å². The summed E-state index contributed by atoms with van der Waals surface area (Å²) in [5, 5.41) is 0. The fourth-order valence-electron chi connectivity index (χ4n) is 5.67. The molecule has 0 bridgehead atoms. The van der Waals surface area contributed by atoms with Gasteiger partial charge in [-0.15, -0.1) is 0 Å². The SMILES string of the molecule is CCC(C)C(C)CC1CC1CC1CC1CCCCCCCC(=O)OCCOCCN(CC)CC. The molecule has 0 aromatic carbocycles. The van der Waals surface area contributed by atoms with Gasteiger partial charge in [0.05, 0.1) is 13.2 Å². The van der Waals surface area contributed by atoms with Gasteiger partial charge in [0.25, 0.3) is 0 Å². The van der Waals surface area contributed by atoms with E-state index in [0.717, 1.165) is 68.0 Å². The molecule has 0 spiro atoms. The molecule has 2 saturated carbocycles. The molecular formula is C30H57NO3. The number of esters is 1. The third kappa shape index (κ3) is 12.4. The van der Waals surface area contributed by atoms with Crippen LogP contribution in [-0.2, 0) is 14.3 Å². The lowest BCUT2D eigenvalue weighted by molar-refractivity contribution is -0.145. The largest absolute Gasteiger partial charge is 0.463 e. The molecular weight excluding hydrogens is 422 g/mol. The molecule has 2 rings (SSSR count). The molecule has 0 aliphatic heterocycles. The Morgan fingerprint density at radius 2 is 1.50 bits per heavy atom. The van der Waals surface area contributed by atoms with Crippen molar-refractivity contribution in [3.63, 3.8) is 0 Å². The van der Waals surface area contributed by atoms with Crippen LogP contribution in [0, 0.1) is 35.5 Å². The van der Waals surface area contributed by atoms with E-state index in [1.165, 1.54) is 57.8 Å². The lowest BCUT2D eigenvalue weighted by Crippen LogP contribution is -2.27. The highest BCUT2D eigenvalue weighted by molar-refractivity contribution is 5.69. The number of unbranched alkanes of at least 4 members (excludes halogenated alkanes) is 4. The van der Waals surface area contributed by atoms with Crippen molar-refractivity contribution in [2.24, 2.45) is 35.5 Å². The maximum Gasteiger partial charge on any atom is 0.305 e. The Kier molecular flexibility index (Phi) is 14.8. The predicted molar refractivity (Wildman–Crippen MR) is 143 cm³/mol. The molecule has 0 aromatic rings. The highest BCUT2D eigenvalue weighted by atomic mass is 16.6. The Morgan fingerprint density at radius 1 is 0.824 bits per heavy atom. The van der Waals surface area contributed by atoms with Gasteiger partial charge in [0.1, 0.15) is 6.61 Å². The second-order valence-corrected chi connectivity index (χ2v) is 11.5. The van der Waals surface area contributed by atoms with E-state index in [2.05, 4.69) is 39.5 Å². The van der Waals surface area contributed by atoms with Crippen molar-refractivity contribution in [3.8, 4) is 0 Å². The quantitative estimate of drug-likeness (QED) is 0.120. The summed E-state index contributed by atoms with van der Waals surface area (Å²) in [5.74, 6) is 5.97. The predicted octanol–water partition coefficient (Wildman–Crippen LogP) is 7.35. The molecule has 0 heterocycles. The van der Waals surface area contributed by atoms with E-state index in [0.29, 0.717) is 26.2 Å². The molecule has 2 fully saturated rings. The molecule has 200 valence electrons. The van der Waals surface area contributed by atoms with E-state index in [9.17, 15) is 4.79 Å². The molecule has 6 atom stereocenters. The smallest absolute Gasteiger partial charge is 0.305 e. The van der Waals surface area contributed by atoms with Crippen LogP contribution in [0.25, 0.3) is 0 Å². The maximum absolute atomic E-state index is 11.8. The average Bonchev–Trinajstić information content (AvgIpc) is 3.76. The first-order valence-corrected chi connectivity index (χ1v) is 14.9. The normalized spacial score (nSPS) is 25.4. The summed E-state index contributed by atoms with van der Waals surface area (Å²) in [6, 6.07) is 0. The Bertz CT molecular complexity index is 535. The summed E-state index contributed by atoms with van der Waals surface area (Å²) in [5.41, 5.74) is 0. The van der Waals surface area contributed by atoms with Crippen LogP contribution in [-0.4, -0.2) is 50.3 Å². The third-order valence-corrected chi connectivity index (χ3v) is 8.93. The summed E-state index contributed by atoms with van der Waals surface area (Å²) in [6.07, 6.45) is 15.5. The fraction of sp³-hybridized carbons (Fsp3) is 0.967. The van der Waals surface area contributed by atoms with Gasteiger partial charge in [-0.3, -0.25) is 4.79 Å². The summed E-state index contributed by atoms with van der Waals surface area (Å²) < 4.78 is 10.8. The van der Waals surface area contributed by atoms with Crippen molar-refractivity contribution in [1.29, 1.82) is 0 Å². The summed E-state index contributed by atoms with van der Waals surface area (Å²) in [6.45, 7) is 16.2. The molecule has 4 heteroatoms. The third-order valence-electron chi connectivity index (χ3n) is 8.93. The van der Waals surface area contributed by atoms with Gasteiger partial charge < -0.3 is 14.4 Å². The number of ether oxygens (including phenoxy) is 2. The fourth-order valence-corrected chi connectivity index (χ4v) is 5.67. The van der Waals surface area contributed by atoms with Crippen LogP contribution in [0.15, 0.2) is 0 Å². The Morgan fingerprint density at radius 3 is 2.24 bits per heavy atom. The second-order valence-electron chi connectivity index (χ2n) is 11.5. The Labute approximate surface area is 211 Å². The van der Waals surface area contributed by atoms with Crippen molar-refractivity contribution in [1.82, 2.24) is 4.90 Å². The molecule has 0 aromatic heterocycles. The van der Waals surface area contributed by atoms with Gasteiger partial charge >= 0.3 is 5.97 Å². The zero-order chi connectivity index (χ0) is 24.8. The van der Waals surface area contributed by atoms with Crippen LogP contribution in [0.5, 0.6) is 0 Å². The van der Waals surface area contributed by atoms with Crippen molar-refractivity contribution < 1.29 is 14.3 Å². The van der Waals surface area contributed by atoms with E-state index in [1.54, 1.807) is 0 Å². The van der Waals surface area contributed by atoms with E-state index in [4.69, 9.17) is 9.47 Å². The first-order valence-electron chi connectivity index (χ1n) is 14.9. The molecule has 34 heavy (non-hydrogen) atoms. The first-order chi connectivity index (χ1) is 16.5. The van der Waals surface area contributed by atoms with Crippen molar-refractivity contribution >= 4 is 5.97 Å². The Hall–Kier alpha value is -0.610. The zero-order valence-electron chi connectivity index (χ0n) is 23.4. The molecule has 6 unspecified atom stereocenters. The number of hydrogen-bond donors (Lipinski definition) is 0. The van der Waals surface area contributed by atoms with Gasteiger partial charge in [-0.05, 0) is 80.7 Å². The molecule has 0 N–H and O–H groups in total. The molecule has 0 radical (unpaired) electrons. The van der Waals surface area contributed by atoms with E-state index >= 15 is 0 Å². The lowest BCUT2D eigenvalue weighted by atomic mass is 9.88. The van der Waals surface area contributed by atoms with Crippen LogP contribution in [0.3, 0.4) is 0 Å². The van der Waals surface area contributed by atoms with Crippen LogP contribution in [0.2, 0.25) is 0 Å². The second kappa shape index (κ2) is 17.0. The zero-order valence-corrected chi connectivity index (χ0v) is 23.4. The van der Waals surface area contributed by atoms with E-state index < -0.39 is 0 Å². The topological polar surface area (TPSA) is 38.8 Å². The van der Waals surface area contributed by atoms with Crippen LogP contribution in [0.4, 0.5) is 0 Å². The minimum Gasteiger partial charge on any atom is -0.463 e. The number of carbonyl (C=O) groups excluding carboxylic acids is 1. The summed E-state index contributed by atoms with van der Waals surface area (Å²) >= 11 is 0. The molecule has 0 saturated heterocycles. The standard InChI is InChI=1S/C30H57NO3/c1-6-24(4)25(5)20-27-22-29(27)23-28-21-26(28)14-12-10-9-11-13-15-30(32)34-19-18-33-17-16-31(7-2)8-3/h24-29H,6-23H2,1-5H3. The van der Waals surface area contributed by atoms with Gasteiger partial charge in [-0.25, -0.2) is 0 Å². The highest BCUT2D eigenvalue weighted by Crippen LogP contribution is 2.55. The molecule has 2 aliphatic rings. The number of nitrogens with zero attached hydrogens (tertiary/aromatic N) is 1.